The standard InChI is InChI=1S/C21H32N4O3S.C10H15N.3C2H6/c1-8-14(3)16(12-29-15(4)9-2)10-17(25-18(26)11-22)19(27)23-13-24-20(28)21(5,6)7;1-9-6-4-3-5-7-10(2)11-8-9;3*1-2/h8-9,12,17H,1-4,10-11,13,22H2,5-7H3,(H,23,27)(H,24,28)(H,25,26);3-5,7-8,10-11H,6H2,1-2H3;3*1-2H3/b16-12-;4-3-,7-5-,9-8-;;;. The number of nitrogens with two attached hydrogens (primary N) is 1. The van der Waals surface area contributed by atoms with E-state index in [2.05, 4.69) is 91.9 Å². The Morgan fingerprint density at radius 3 is 2.13 bits per heavy atom. The molecule has 1 rings (SSSR count). The van der Waals surface area contributed by atoms with E-state index >= 15 is 0 Å². The lowest BCUT2D eigenvalue weighted by molar-refractivity contribution is -0.130. The van der Waals surface area contributed by atoms with Gasteiger partial charge in [-0.15, -0.1) is 0 Å². The van der Waals surface area contributed by atoms with Crippen LogP contribution in [0.2, 0.25) is 0 Å². The van der Waals surface area contributed by atoms with Crippen molar-refractivity contribution in [3.63, 3.8) is 0 Å². The second-order valence-corrected chi connectivity index (χ2v) is 11.1. The van der Waals surface area contributed by atoms with Gasteiger partial charge in [0.2, 0.25) is 17.7 Å². The van der Waals surface area contributed by atoms with Crippen molar-refractivity contribution in [3.8, 4) is 0 Å². The first kappa shape index (κ1) is 49.3. The molecule has 0 bridgehead atoms. The van der Waals surface area contributed by atoms with Gasteiger partial charge in [-0.25, -0.2) is 0 Å². The van der Waals surface area contributed by atoms with Gasteiger partial charge in [0.15, 0.2) is 0 Å². The third kappa shape index (κ3) is 26.8. The molecule has 0 fully saturated rings. The highest BCUT2D eigenvalue weighted by Crippen LogP contribution is 2.24. The molecule has 0 spiro atoms. The van der Waals surface area contributed by atoms with Crippen LogP contribution in [0.3, 0.4) is 0 Å². The molecule has 0 aliphatic carbocycles. The molecule has 1 aliphatic rings. The first-order chi connectivity index (χ1) is 21.7. The number of thioether (sulfide) groups is 1. The maximum absolute atomic E-state index is 12.6. The summed E-state index contributed by atoms with van der Waals surface area (Å²) in [5.41, 5.74) is 7.46. The van der Waals surface area contributed by atoms with Crippen molar-refractivity contribution in [2.75, 3.05) is 13.2 Å². The van der Waals surface area contributed by atoms with Crippen molar-refractivity contribution in [1.82, 2.24) is 21.3 Å². The summed E-state index contributed by atoms with van der Waals surface area (Å²) in [5.74, 6) is -1.15. The summed E-state index contributed by atoms with van der Waals surface area (Å²) in [5, 5.41) is 12.9. The van der Waals surface area contributed by atoms with Gasteiger partial charge in [-0.1, -0.05) is 142 Å². The van der Waals surface area contributed by atoms with Crippen LogP contribution in [0.4, 0.5) is 0 Å². The van der Waals surface area contributed by atoms with Crippen LogP contribution >= 0.6 is 11.8 Å². The van der Waals surface area contributed by atoms with Gasteiger partial charge in [-0.3, -0.25) is 14.4 Å². The Bertz CT molecular complexity index is 1050. The number of hydrogen-bond acceptors (Lipinski definition) is 6. The van der Waals surface area contributed by atoms with Crippen molar-refractivity contribution in [2.24, 2.45) is 11.1 Å². The average Bonchev–Trinajstić information content (AvgIpc) is 3.15. The lowest BCUT2D eigenvalue weighted by atomic mass is 9.96. The molecule has 0 aromatic carbocycles. The van der Waals surface area contributed by atoms with Crippen LogP contribution in [0.5, 0.6) is 0 Å². The molecular formula is C37H65N5O3S. The van der Waals surface area contributed by atoms with Gasteiger partial charge in [-0.05, 0) is 43.0 Å². The molecule has 0 aromatic rings. The summed E-state index contributed by atoms with van der Waals surface area (Å²) in [6, 6.07) is -0.467. The summed E-state index contributed by atoms with van der Waals surface area (Å²) >= 11 is 1.32. The second-order valence-electron chi connectivity index (χ2n) is 10.1. The minimum absolute atomic E-state index is 0.0621. The molecular weight excluding hydrogens is 595 g/mol. The van der Waals surface area contributed by atoms with E-state index in [1.54, 1.807) is 38.3 Å². The number of hydrogen-bond donors (Lipinski definition) is 5. The smallest absolute Gasteiger partial charge is 0.244 e. The Labute approximate surface area is 286 Å². The van der Waals surface area contributed by atoms with Gasteiger partial charge in [0.25, 0.3) is 0 Å². The van der Waals surface area contributed by atoms with E-state index in [9.17, 15) is 14.4 Å². The molecule has 6 N–H and O–H groups in total. The fraction of sp³-hybridized carbons (Fsp3) is 0.486. The number of carbonyl (C=O) groups is 3. The van der Waals surface area contributed by atoms with Gasteiger partial charge in [0.1, 0.15) is 6.04 Å². The molecule has 0 saturated carbocycles. The van der Waals surface area contributed by atoms with Crippen LogP contribution in [0.15, 0.2) is 96.0 Å². The predicted octanol–water partition coefficient (Wildman–Crippen LogP) is 7.58. The molecule has 2 unspecified atom stereocenters. The molecule has 1 heterocycles. The maximum Gasteiger partial charge on any atom is 0.244 e. The van der Waals surface area contributed by atoms with Crippen LogP contribution in [-0.4, -0.2) is 43.0 Å². The minimum atomic E-state index is -0.905. The average molecular weight is 660 g/mol. The number of rotatable bonds is 12. The van der Waals surface area contributed by atoms with E-state index in [1.807, 2.05) is 41.5 Å². The Morgan fingerprint density at radius 2 is 1.63 bits per heavy atom. The number of amides is 3. The van der Waals surface area contributed by atoms with Crippen molar-refractivity contribution in [2.45, 2.75) is 101 Å². The van der Waals surface area contributed by atoms with Gasteiger partial charge >= 0.3 is 0 Å². The third-order valence-electron chi connectivity index (χ3n) is 5.37. The van der Waals surface area contributed by atoms with Crippen LogP contribution in [0, 0.1) is 5.41 Å². The Kier molecular flexibility index (Phi) is 33.7. The van der Waals surface area contributed by atoms with Gasteiger partial charge in [0.05, 0.1) is 13.2 Å². The highest BCUT2D eigenvalue weighted by Gasteiger charge is 2.24. The lowest BCUT2D eigenvalue weighted by Crippen LogP contribution is -2.51. The largest absolute Gasteiger partial charge is 0.385 e. The number of allylic oxidation sites excluding steroid dienone is 7. The molecule has 262 valence electrons. The zero-order valence-corrected chi connectivity index (χ0v) is 31.5. The zero-order valence-electron chi connectivity index (χ0n) is 30.6. The summed E-state index contributed by atoms with van der Waals surface area (Å²) in [7, 11) is 0. The lowest BCUT2D eigenvalue weighted by Gasteiger charge is -2.22. The van der Waals surface area contributed by atoms with Crippen molar-refractivity contribution in [3.05, 3.63) is 96.0 Å². The van der Waals surface area contributed by atoms with E-state index < -0.39 is 23.3 Å². The highest BCUT2D eigenvalue weighted by molar-refractivity contribution is 8.06. The fourth-order valence-electron chi connectivity index (χ4n) is 2.81. The summed E-state index contributed by atoms with van der Waals surface area (Å²) in [6.07, 6.45) is 15.0. The van der Waals surface area contributed by atoms with E-state index in [4.69, 9.17) is 5.73 Å². The van der Waals surface area contributed by atoms with Crippen molar-refractivity contribution >= 4 is 29.5 Å². The topological polar surface area (TPSA) is 125 Å². The summed E-state index contributed by atoms with van der Waals surface area (Å²) in [4.78, 5) is 37.1. The van der Waals surface area contributed by atoms with E-state index in [0.29, 0.717) is 17.2 Å². The van der Waals surface area contributed by atoms with Crippen molar-refractivity contribution < 1.29 is 14.4 Å². The summed E-state index contributed by atoms with van der Waals surface area (Å²) in [6.45, 7) is 36.3. The molecule has 0 radical (unpaired) electrons. The predicted molar refractivity (Wildman–Crippen MR) is 204 cm³/mol. The Morgan fingerprint density at radius 1 is 1.04 bits per heavy atom. The first-order valence-electron chi connectivity index (χ1n) is 16.0. The normalized spacial score (nSPS) is 16.6. The monoisotopic (exact) mass is 659 g/mol. The SMILES string of the molecule is C/C1=C/NC(C)/C=C\C=C/C1.C=CC(=C)S/C=C(/CC(NC(=O)CN)C(=O)NCNC(=O)C(C)(C)C)C(=C)C=C.CC.CC.CC. The minimum Gasteiger partial charge on any atom is -0.385 e. The van der Waals surface area contributed by atoms with E-state index in [0.717, 1.165) is 11.3 Å². The molecule has 8 nitrogen and oxygen atoms in total. The molecule has 1 aliphatic heterocycles. The second kappa shape index (κ2) is 31.4. The molecule has 3 amide bonds. The molecule has 9 heteroatoms. The van der Waals surface area contributed by atoms with Gasteiger partial charge in [-0.2, -0.15) is 0 Å². The van der Waals surface area contributed by atoms with Crippen LogP contribution < -0.4 is 27.0 Å². The Balaban J connectivity index is -0.000000426. The first-order valence-corrected chi connectivity index (χ1v) is 16.9. The van der Waals surface area contributed by atoms with Gasteiger partial charge < -0.3 is 27.0 Å². The number of carbonyl (C=O) groups excluding carboxylic acids is 3. The van der Waals surface area contributed by atoms with Crippen LogP contribution in [-0.2, 0) is 14.4 Å². The maximum atomic E-state index is 12.6. The quantitative estimate of drug-likeness (QED) is 0.109. The number of nitrogens with one attached hydrogen (secondary N) is 4. The molecule has 46 heavy (non-hydrogen) atoms. The van der Waals surface area contributed by atoms with E-state index in [-0.39, 0.29) is 25.5 Å². The van der Waals surface area contributed by atoms with Crippen LogP contribution in [0.1, 0.15) is 89.0 Å². The van der Waals surface area contributed by atoms with Crippen LogP contribution in [0.25, 0.3) is 0 Å². The molecule has 0 aromatic heterocycles. The third-order valence-corrected chi connectivity index (χ3v) is 6.24. The van der Waals surface area contributed by atoms with Crippen molar-refractivity contribution in [1.29, 1.82) is 0 Å². The summed E-state index contributed by atoms with van der Waals surface area (Å²) < 4.78 is 0. The molecule has 0 saturated heterocycles. The molecule has 2 atom stereocenters. The zero-order chi connectivity index (χ0) is 36.7. The fourth-order valence-corrected chi connectivity index (χ4v) is 3.45. The van der Waals surface area contributed by atoms with Gasteiger partial charge in [0, 0.05) is 22.8 Å². The Hall–Kier alpha value is -3.56. The highest BCUT2D eigenvalue weighted by atomic mass is 32.2. The van der Waals surface area contributed by atoms with E-state index in [1.165, 1.54) is 17.3 Å².